The Kier molecular flexibility index (Phi) is 4.81. The number of ether oxygens (including phenoxy) is 1. The first-order chi connectivity index (χ1) is 12.8. The quantitative estimate of drug-likeness (QED) is 0.332. The fourth-order valence-corrected chi connectivity index (χ4v) is 3.70. The van der Waals surface area contributed by atoms with Crippen molar-refractivity contribution in [1.29, 1.82) is 0 Å². The molecule has 4 rings (SSSR count). The van der Waals surface area contributed by atoms with E-state index in [2.05, 4.69) is 5.16 Å². The minimum absolute atomic E-state index is 0.0240. The van der Waals surface area contributed by atoms with Gasteiger partial charge in [0, 0.05) is 15.8 Å². The maximum Gasteiger partial charge on any atom is 0.340 e. The van der Waals surface area contributed by atoms with Gasteiger partial charge in [0.2, 0.25) is 5.76 Å². The number of carbonyl (C=O) groups excluding carboxylic acids is 1. The predicted molar refractivity (Wildman–Crippen MR) is 101 cm³/mol. The van der Waals surface area contributed by atoms with Crippen LogP contribution in [0, 0.1) is 0 Å². The SMILES string of the molecule is O=C(OCc1cc(-c2ccco2)on1)/C(=C/c1cccs1)c1cccs1. The van der Waals surface area contributed by atoms with Gasteiger partial charge in [0.25, 0.3) is 0 Å². The fourth-order valence-electron chi connectivity index (χ4n) is 2.31. The van der Waals surface area contributed by atoms with Gasteiger partial charge in [-0.1, -0.05) is 17.3 Å². The minimum atomic E-state index is -0.400. The van der Waals surface area contributed by atoms with E-state index in [9.17, 15) is 4.79 Å². The number of hydrogen-bond acceptors (Lipinski definition) is 7. The lowest BCUT2D eigenvalue weighted by atomic mass is 10.2. The molecule has 26 heavy (non-hydrogen) atoms. The van der Waals surface area contributed by atoms with Gasteiger partial charge in [0.05, 0.1) is 11.8 Å². The van der Waals surface area contributed by atoms with Gasteiger partial charge >= 0.3 is 5.97 Å². The molecule has 0 aromatic carbocycles. The second-order valence-corrected chi connectivity index (χ2v) is 7.21. The molecule has 4 heterocycles. The van der Waals surface area contributed by atoms with Crippen molar-refractivity contribution in [3.63, 3.8) is 0 Å². The lowest BCUT2D eigenvalue weighted by molar-refractivity contribution is -0.137. The van der Waals surface area contributed by atoms with Crippen LogP contribution in [0.4, 0.5) is 0 Å². The summed E-state index contributed by atoms with van der Waals surface area (Å²) in [6.07, 6.45) is 3.40. The smallest absolute Gasteiger partial charge is 0.340 e. The number of thiophene rings is 2. The third-order valence-corrected chi connectivity index (χ3v) is 5.23. The number of aromatic nitrogens is 1. The molecule has 0 spiro atoms. The second kappa shape index (κ2) is 7.55. The lowest BCUT2D eigenvalue weighted by Gasteiger charge is -2.05. The van der Waals surface area contributed by atoms with E-state index in [0.717, 1.165) is 9.75 Å². The Hall–Kier alpha value is -2.90. The van der Waals surface area contributed by atoms with Crippen molar-refractivity contribution in [2.75, 3.05) is 0 Å². The first-order valence-electron chi connectivity index (χ1n) is 7.75. The van der Waals surface area contributed by atoms with Gasteiger partial charge in [-0.2, -0.15) is 0 Å². The molecule has 4 aromatic rings. The summed E-state index contributed by atoms with van der Waals surface area (Å²) < 4.78 is 15.9. The summed E-state index contributed by atoms with van der Waals surface area (Å²) in [6, 6.07) is 12.9. The van der Waals surface area contributed by atoms with Crippen molar-refractivity contribution >= 4 is 40.3 Å². The van der Waals surface area contributed by atoms with E-state index in [1.165, 1.54) is 11.3 Å². The van der Waals surface area contributed by atoms with Crippen LogP contribution >= 0.6 is 22.7 Å². The first-order valence-corrected chi connectivity index (χ1v) is 9.51. The maximum absolute atomic E-state index is 12.6. The molecule has 0 aliphatic heterocycles. The Morgan fingerprint density at radius 3 is 2.73 bits per heavy atom. The normalized spacial score (nSPS) is 11.6. The van der Waals surface area contributed by atoms with Crippen LogP contribution in [0.3, 0.4) is 0 Å². The van der Waals surface area contributed by atoms with E-state index in [1.807, 2.05) is 41.1 Å². The highest BCUT2D eigenvalue weighted by Gasteiger charge is 2.17. The number of nitrogens with zero attached hydrogens (tertiary/aromatic N) is 1. The molecular weight excluding hydrogens is 370 g/mol. The fraction of sp³-hybridized carbons (Fsp3) is 0.0526. The molecule has 5 nitrogen and oxygen atoms in total. The van der Waals surface area contributed by atoms with Crippen molar-refractivity contribution in [3.05, 3.63) is 74.9 Å². The zero-order valence-corrected chi connectivity index (χ0v) is 15.1. The molecule has 0 saturated carbocycles. The van der Waals surface area contributed by atoms with Crippen molar-refractivity contribution in [2.24, 2.45) is 0 Å². The van der Waals surface area contributed by atoms with Crippen LogP contribution in [0.25, 0.3) is 23.2 Å². The van der Waals surface area contributed by atoms with Gasteiger partial charge in [0.15, 0.2) is 5.76 Å². The molecule has 0 atom stereocenters. The number of furan rings is 1. The Labute approximate surface area is 157 Å². The lowest BCUT2D eigenvalue weighted by Crippen LogP contribution is -2.06. The maximum atomic E-state index is 12.6. The second-order valence-electron chi connectivity index (χ2n) is 5.29. The summed E-state index contributed by atoms with van der Waals surface area (Å²) in [6.45, 7) is 0.0240. The molecule has 0 radical (unpaired) electrons. The summed E-state index contributed by atoms with van der Waals surface area (Å²) in [5, 5.41) is 7.81. The Bertz CT molecular complexity index is 996. The molecule has 130 valence electrons. The van der Waals surface area contributed by atoms with Crippen molar-refractivity contribution in [3.8, 4) is 11.5 Å². The average molecular weight is 383 g/mol. The highest BCUT2D eigenvalue weighted by atomic mass is 32.1. The van der Waals surface area contributed by atoms with Gasteiger partial charge in [-0.3, -0.25) is 0 Å². The van der Waals surface area contributed by atoms with Crippen molar-refractivity contribution in [1.82, 2.24) is 5.16 Å². The van der Waals surface area contributed by atoms with Gasteiger partial charge in [-0.05, 0) is 41.1 Å². The monoisotopic (exact) mass is 383 g/mol. The molecule has 0 N–H and O–H groups in total. The van der Waals surface area contributed by atoms with Gasteiger partial charge < -0.3 is 13.7 Å². The topological polar surface area (TPSA) is 65.5 Å². The summed E-state index contributed by atoms with van der Waals surface area (Å²) in [5.74, 6) is 0.670. The van der Waals surface area contributed by atoms with Gasteiger partial charge in [0.1, 0.15) is 12.3 Å². The highest BCUT2D eigenvalue weighted by molar-refractivity contribution is 7.12. The molecule has 0 aliphatic rings. The Morgan fingerprint density at radius 1 is 1.12 bits per heavy atom. The van der Waals surface area contributed by atoms with E-state index >= 15 is 0 Å². The number of esters is 1. The van der Waals surface area contributed by atoms with Gasteiger partial charge in [-0.15, -0.1) is 22.7 Å². The van der Waals surface area contributed by atoms with Crippen LogP contribution in [0.1, 0.15) is 15.4 Å². The molecule has 0 amide bonds. The molecule has 0 unspecified atom stereocenters. The standard InChI is InChI=1S/C19H13NO4S2/c21-19(15(18-6-3-9-26-18)11-14-4-2-8-25-14)23-12-13-10-17(24-20-13)16-5-1-7-22-16/h1-11H,12H2/b15-11+. The third kappa shape index (κ3) is 3.68. The van der Waals surface area contributed by atoms with E-state index in [-0.39, 0.29) is 6.61 Å². The largest absolute Gasteiger partial charge is 0.461 e. The average Bonchev–Trinajstić information content (AvgIpc) is 3.44. The molecule has 0 bridgehead atoms. The summed E-state index contributed by atoms with van der Waals surface area (Å²) >= 11 is 3.06. The summed E-state index contributed by atoms with van der Waals surface area (Å²) in [5.41, 5.74) is 1.05. The minimum Gasteiger partial charge on any atom is -0.461 e. The van der Waals surface area contributed by atoms with Crippen LogP contribution in [0.15, 0.2) is 68.4 Å². The molecule has 0 aliphatic carbocycles. The zero-order chi connectivity index (χ0) is 17.8. The first kappa shape index (κ1) is 16.6. The molecule has 4 aromatic heterocycles. The van der Waals surface area contributed by atoms with E-state index < -0.39 is 5.97 Å². The van der Waals surface area contributed by atoms with Crippen LogP contribution < -0.4 is 0 Å². The van der Waals surface area contributed by atoms with Gasteiger partial charge in [-0.25, -0.2) is 4.79 Å². The molecule has 0 saturated heterocycles. The van der Waals surface area contributed by atoms with Crippen molar-refractivity contribution < 1.29 is 18.5 Å². The highest BCUT2D eigenvalue weighted by Crippen LogP contribution is 2.26. The number of hydrogen-bond donors (Lipinski definition) is 0. The number of carbonyl (C=O) groups is 1. The zero-order valence-electron chi connectivity index (χ0n) is 13.5. The van der Waals surface area contributed by atoms with Crippen LogP contribution in [0.2, 0.25) is 0 Å². The van der Waals surface area contributed by atoms with E-state index in [4.69, 9.17) is 13.7 Å². The number of rotatable bonds is 6. The van der Waals surface area contributed by atoms with Crippen LogP contribution in [-0.4, -0.2) is 11.1 Å². The predicted octanol–water partition coefficient (Wildman–Crippen LogP) is 5.34. The molecule has 7 heteroatoms. The van der Waals surface area contributed by atoms with E-state index in [0.29, 0.717) is 22.8 Å². The Morgan fingerprint density at radius 2 is 2.00 bits per heavy atom. The Balaban J connectivity index is 1.49. The van der Waals surface area contributed by atoms with E-state index in [1.54, 1.807) is 35.8 Å². The molecule has 0 fully saturated rings. The summed E-state index contributed by atoms with van der Waals surface area (Å²) in [7, 11) is 0. The van der Waals surface area contributed by atoms with Crippen LogP contribution in [0.5, 0.6) is 0 Å². The van der Waals surface area contributed by atoms with Crippen molar-refractivity contribution in [2.45, 2.75) is 6.61 Å². The van der Waals surface area contributed by atoms with Crippen LogP contribution in [-0.2, 0) is 16.1 Å². The molecular formula is C19H13NO4S2. The summed E-state index contributed by atoms with van der Waals surface area (Å²) in [4.78, 5) is 14.5. The third-order valence-electron chi connectivity index (χ3n) is 3.51.